The Morgan fingerprint density at radius 1 is 1.20 bits per heavy atom. The number of nitrogens with one attached hydrogen (secondary N) is 1. The summed E-state index contributed by atoms with van der Waals surface area (Å²) < 4.78 is 13.3. The maximum absolute atomic E-state index is 13.3. The lowest BCUT2D eigenvalue weighted by atomic mass is 10.0. The summed E-state index contributed by atoms with van der Waals surface area (Å²) in [4.78, 5) is 15.5. The Morgan fingerprint density at radius 3 is 2.75 bits per heavy atom. The SMILES string of the molecule is Cc1cc(C(=O)c2c[nH]c3cc(Cl)ccc23)ccc1F. The molecule has 0 fully saturated rings. The highest BCUT2D eigenvalue weighted by Crippen LogP contribution is 2.24. The van der Waals surface area contributed by atoms with E-state index in [2.05, 4.69) is 4.98 Å². The van der Waals surface area contributed by atoms with Crippen molar-refractivity contribution < 1.29 is 9.18 Å². The molecule has 0 unspecified atom stereocenters. The van der Waals surface area contributed by atoms with Gasteiger partial charge >= 0.3 is 0 Å². The Morgan fingerprint density at radius 2 is 2.00 bits per heavy atom. The van der Waals surface area contributed by atoms with Crippen molar-refractivity contribution in [3.8, 4) is 0 Å². The second-order valence-corrected chi connectivity index (χ2v) is 5.12. The first-order valence-electron chi connectivity index (χ1n) is 6.14. The van der Waals surface area contributed by atoms with Gasteiger partial charge in [-0.15, -0.1) is 0 Å². The standard InChI is InChI=1S/C16H11ClFNO/c1-9-6-10(2-5-14(9)18)16(20)13-8-19-15-7-11(17)3-4-12(13)15/h2-8,19H,1H3. The molecule has 4 heteroatoms. The highest BCUT2D eigenvalue weighted by molar-refractivity contribution is 6.31. The Labute approximate surface area is 120 Å². The summed E-state index contributed by atoms with van der Waals surface area (Å²) >= 11 is 5.92. The second kappa shape index (κ2) is 4.76. The Hall–Kier alpha value is -2.13. The van der Waals surface area contributed by atoms with Gasteiger partial charge in [-0.25, -0.2) is 4.39 Å². The number of fused-ring (bicyclic) bond motifs is 1. The molecule has 0 bridgehead atoms. The van der Waals surface area contributed by atoms with Crippen molar-refractivity contribution in [2.24, 2.45) is 0 Å². The Balaban J connectivity index is 2.10. The van der Waals surface area contributed by atoms with E-state index in [0.29, 0.717) is 21.7 Å². The average molecular weight is 288 g/mol. The van der Waals surface area contributed by atoms with Gasteiger partial charge in [-0.05, 0) is 42.8 Å². The number of carbonyl (C=O) groups is 1. The van der Waals surface area contributed by atoms with Crippen molar-refractivity contribution >= 4 is 28.3 Å². The molecule has 0 saturated heterocycles. The van der Waals surface area contributed by atoms with Crippen LogP contribution in [0.5, 0.6) is 0 Å². The lowest BCUT2D eigenvalue weighted by Gasteiger charge is -2.02. The minimum Gasteiger partial charge on any atom is -0.360 e. The maximum Gasteiger partial charge on any atom is 0.195 e. The molecule has 1 aromatic heterocycles. The number of carbonyl (C=O) groups excluding carboxylic acids is 1. The highest BCUT2D eigenvalue weighted by atomic mass is 35.5. The van der Waals surface area contributed by atoms with Crippen LogP contribution in [-0.4, -0.2) is 10.8 Å². The van der Waals surface area contributed by atoms with E-state index in [1.54, 1.807) is 37.4 Å². The fourth-order valence-corrected chi connectivity index (χ4v) is 2.40. The van der Waals surface area contributed by atoms with Crippen LogP contribution >= 0.6 is 11.6 Å². The van der Waals surface area contributed by atoms with Crippen LogP contribution in [0.15, 0.2) is 42.6 Å². The monoisotopic (exact) mass is 287 g/mol. The van der Waals surface area contributed by atoms with Gasteiger partial charge in [0.25, 0.3) is 0 Å². The topological polar surface area (TPSA) is 32.9 Å². The smallest absolute Gasteiger partial charge is 0.195 e. The number of aryl methyl sites for hydroxylation is 1. The molecular weight excluding hydrogens is 277 g/mol. The van der Waals surface area contributed by atoms with Crippen LogP contribution in [-0.2, 0) is 0 Å². The van der Waals surface area contributed by atoms with E-state index in [9.17, 15) is 9.18 Å². The zero-order chi connectivity index (χ0) is 14.3. The first-order valence-corrected chi connectivity index (χ1v) is 6.51. The van der Waals surface area contributed by atoms with Crippen LogP contribution in [0.1, 0.15) is 21.5 Å². The fourth-order valence-electron chi connectivity index (χ4n) is 2.23. The summed E-state index contributed by atoms with van der Waals surface area (Å²) in [5.41, 5.74) is 2.29. The molecule has 1 heterocycles. The van der Waals surface area contributed by atoms with Gasteiger partial charge in [-0.3, -0.25) is 4.79 Å². The molecular formula is C16H11ClFNO. The molecule has 0 aliphatic heterocycles. The van der Waals surface area contributed by atoms with E-state index < -0.39 is 0 Å². The Bertz CT molecular complexity index is 822. The van der Waals surface area contributed by atoms with Crippen molar-refractivity contribution in [2.45, 2.75) is 6.92 Å². The second-order valence-electron chi connectivity index (χ2n) is 4.69. The molecule has 0 amide bonds. The quantitative estimate of drug-likeness (QED) is 0.692. The molecule has 0 atom stereocenters. The molecule has 0 saturated carbocycles. The molecule has 2 nitrogen and oxygen atoms in total. The normalized spacial score (nSPS) is 10.9. The van der Waals surface area contributed by atoms with Crippen LogP contribution in [0, 0.1) is 12.7 Å². The summed E-state index contributed by atoms with van der Waals surface area (Å²) in [6, 6.07) is 9.69. The molecule has 2 aromatic carbocycles. The number of H-pyrrole nitrogens is 1. The maximum atomic E-state index is 13.3. The number of halogens is 2. The third-order valence-corrected chi connectivity index (χ3v) is 3.54. The minimum absolute atomic E-state index is 0.137. The van der Waals surface area contributed by atoms with Crippen molar-refractivity contribution in [1.29, 1.82) is 0 Å². The van der Waals surface area contributed by atoms with Gasteiger partial charge in [0.1, 0.15) is 5.82 Å². The summed E-state index contributed by atoms with van der Waals surface area (Å²) in [5.74, 6) is -0.450. The van der Waals surface area contributed by atoms with Crippen molar-refractivity contribution in [3.05, 3.63) is 70.1 Å². The van der Waals surface area contributed by atoms with Gasteiger partial charge in [0, 0.05) is 33.2 Å². The van der Waals surface area contributed by atoms with Crippen molar-refractivity contribution in [3.63, 3.8) is 0 Å². The van der Waals surface area contributed by atoms with E-state index in [-0.39, 0.29) is 11.6 Å². The van der Waals surface area contributed by atoms with Crippen LogP contribution in [0.3, 0.4) is 0 Å². The average Bonchev–Trinajstić information content (AvgIpc) is 2.84. The summed E-state index contributed by atoms with van der Waals surface area (Å²) in [5, 5.41) is 1.41. The number of rotatable bonds is 2. The molecule has 100 valence electrons. The number of hydrogen-bond acceptors (Lipinski definition) is 1. The zero-order valence-corrected chi connectivity index (χ0v) is 11.5. The lowest BCUT2D eigenvalue weighted by Crippen LogP contribution is -2.01. The van der Waals surface area contributed by atoms with E-state index in [1.165, 1.54) is 12.1 Å². The fraction of sp³-hybridized carbons (Fsp3) is 0.0625. The van der Waals surface area contributed by atoms with E-state index in [4.69, 9.17) is 11.6 Å². The number of aromatic nitrogens is 1. The molecule has 0 spiro atoms. The van der Waals surface area contributed by atoms with Gasteiger partial charge in [-0.2, -0.15) is 0 Å². The number of ketones is 1. The number of aromatic amines is 1. The van der Waals surface area contributed by atoms with Crippen LogP contribution < -0.4 is 0 Å². The lowest BCUT2D eigenvalue weighted by molar-refractivity contribution is 0.104. The predicted octanol–water partition coefficient (Wildman–Crippen LogP) is 4.50. The molecule has 0 aliphatic carbocycles. The summed E-state index contributed by atoms with van der Waals surface area (Å²) in [7, 11) is 0. The Kier molecular flexibility index (Phi) is 3.07. The summed E-state index contributed by atoms with van der Waals surface area (Å²) in [6.07, 6.45) is 1.65. The van der Waals surface area contributed by atoms with Gasteiger partial charge in [0.05, 0.1) is 0 Å². The van der Waals surface area contributed by atoms with Crippen molar-refractivity contribution in [1.82, 2.24) is 4.98 Å². The van der Waals surface area contributed by atoms with E-state index in [1.807, 2.05) is 0 Å². The number of hydrogen-bond donors (Lipinski definition) is 1. The number of benzene rings is 2. The van der Waals surface area contributed by atoms with Gasteiger partial charge in [0.15, 0.2) is 5.78 Å². The zero-order valence-electron chi connectivity index (χ0n) is 10.7. The molecule has 0 radical (unpaired) electrons. The largest absolute Gasteiger partial charge is 0.360 e. The van der Waals surface area contributed by atoms with Gasteiger partial charge in [0.2, 0.25) is 0 Å². The van der Waals surface area contributed by atoms with Gasteiger partial charge < -0.3 is 4.98 Å². The van der Waals surface area contributed by atoms with Crippen LogP contribution in [0.25, 0.3) is 10.9 Å². The third kappa shape index (κ3) is 2.10. The molecule has 3 aromatic rings. The molecule has 3 rings (SSSR count). The third-order valence-electron chi connectivity index (χ3n) is 3.31. The molecule has 0 aliphatic rings. The van der Waals surface area contributed by atoms with E-state index >= 15 is 0 Å². The van der Waals surface area contributed by atoms with Crippen LogP contribution in [0.4, 0.5) is 4.39 Å². The first-order chi connectivity index (χ1) is 9.56. The molecule has 20 heavy (non-hydrogen) atoms. The van der Waals surface area contributed by atoms with Gasteiger partial charge in [-0.1, -0.05) is 17.7 Å². The first kappa shape index (κ1) is 12.9. The highest BCUT2D eigenvalue weighted by Gasteiger charge is 2.15. The van der Waals surface area contributed by atoms with Crippen molar-refractivity contribution in [2.75, 3.05) is 0 Å². The van der Waals surface area contributed by atoms with Crippen LogP contribution in [0.2, 0.25) is 5.02 Å². The predicted molar refractivity (Wildman–Crippen MR) is 77.9 cm³/mol. The minimum atomic E-state index is -0.313. The molecule has 1 N–H and O–H groups in total. The van der Waals surface area contributed by atoms with E-state index in [0.717, 1.165) is 10.9 Å². The summed E-state index contributed by atoms with van der Waals surface area (Å²) in [6.45, 7) is 1.64.